The number of benzene rings is 1. The third-order valence-corrected chi connectivity index (χ3v) is 5.35. The van der Waals surface area contributed by atoms with E-state index >= 15 is 0 Å². The molecular formula is C10H14BrClN2O2S. The molecule has 0 bridgehead atoms. The summed E-state index contributed by atoms with van der Waals surface area (Å²) in [6, 6.07) is 5.02. The maximum atomic E-state index is 11.9. The zero-order valence-electron chi connectivity index (χ0n) is 9.50. The van der Waals surface area contributed by atoms with Gasteiger partial charge in [-0.3, -0.25) is 4.72 Å². The fraction of sp³-hybridized carbons (Fsp3) is 0.400. The van der Waals surface area contributed by atoms with Crippen molar-refractivity contribution >= 4 is 43.2 Å². The predicted molar refractivity (Wildman–Crippen MR) is 75.1 cm³/mol. The lowest BCUT2D eigenvalue weighted by atomic mass is 10.3. The van der Waals surface area contributed by atoms with Crippen LogP contribution in [0.1, 0.15) is 6.92 Å². The number of hydrogen-bond acceptors (Lipinski definition) is 3. The van der Waals surface area contributed by atoms with E-state index in [-0.39, 0.29) is 0 Å². The van der Waals surface area contributed by atoms with E-state index in [1.165, 1.54) is 0 Å². The summed E-state index contributed by atoms with van der Waals surface area (Å²) in [4.78, 5) is 0. The molecule has 0 amide bonds. The van der Waals surface area contributed by atoms with E-state index in [1.54, 1.807) is 32.2 Å². The first-order valence-electron chi connectivity index (χ1n) is 4.98. The van der Waals surface area contributed by atoms with Crippen LogP contribution in [0.5, 0.6) is 0 Å². The van der Waals surface area contributed by atoms with Gasteiger partial charge in [0.05, 0.1) is 20.4 Å². The highest BCUT2D eigenvalue weighted by molar-refractivity contribution is 9.10. The number of rotatable bonds is 5. The van der Waals surface area contributed by atoms with E-state index in [1.807, 2.05) is 0 Å². The molecule has 0 heterocycles. The number of nitrogens with one attached hydrogen (secondary N) is 2. The van der Waals surface area contributed by atoms with Crippen LogP contribution in [-0.2, 0) is 10.0 Å². The Morgan fingerprint density at radius 2 is 2.12 bits per heavy atom. The number of hydrogen-bond donors (Lipinski definition) is 2. The van der Waals surface area contributed by atoms with Crippen molar-refractivity contribution < 1.29 is 8.42 Å². The molecule has 0 aromatic heterocycles. The van der Waals surface area contributed by atoms with Gasteiger partial charge in [-0.1, -0.05) is 17.7 Å². The fourth-order valence-electron chi connectivity index (χ4n) is 1.23. The largest absolute Gasteiger partial charge is 0.318 e. The Bertz CT molecular complexity index is 493. The maximum Gasteiger partial charge on any atom is 0.236 e. The Labute approximate surface area is 115 Å². The average molecular weight is 342 g/mol. The summed E-state index contributed by atoms with van der Waals surface area (Å²) in [5.74, 6) is 0. The molecule has 1 aromatic rings. The first-order chi connectivity index (χ1) is 7.88. The first-order valence-corrected chi connectivity index (χ1v) is 7.70. The molecule has 1 rings (SSSR count). The molecule has 17 heavy (non-hydrogen) atoms. The van der Waals surface area contributed by atoms with E-state index < -0.39 is 15.3 Å². The summed E-state index contributed by atoms with van der Waals surface area (Å²) in [5, 5.41) is 2.76. The molecule has 1 aromatic carbocycles. The van der Waals surface area contributed by atoms with Gasteiger partial charge in [-0.05, 0) is 42.0 Å². The Morgan fingerprint density at radius 3 is 2.71 bits per heavy atom. The van der Waals surface area contributed by atoms with Gasteiger partial charge in [-0.25, -0.2) is 8.42 Å². The van der Waals surface area contributed by atoms with Crippen LogP contribution in [0.25, 0.3) is 0 Å². The molecule has 0 spiro atoms. The zero-order chi connectivity index (χ0) is 13.1. The van der Waals surface area contributed by atoms with Crippen molar-refractivity contribution in [3.05, 3.63) is 27.7 Å². The second kappa shape index (κ2) is 6.04. The standard InChI is InChI=1S/C10H14BrClN2O2S/c1-7(6-13-2)17(15,16)14-9-5-3-4-8(12)10(9)11/h3-5,7,13-14H,6H2,1-2H3. The molecular weight excluding hydrogens is 328 g/mol. The van der Waals surface area contributed by atoms with Gasteiger partial charge in [-0.15, -0.1) is 0 Å². The van der Waals surface area contributed by atoms with Crippen LogP contribution in [0.4, 0.5) is 5.69 Å². The minimum absolute atomic E-state index is 0.382. The van der Waals surface area contributed by atoms with Crippen LogP contribution < -0.4 is 10.0 Å². The lowest BCUT2D eigenvalue weighted by Gasteiger charge is -2.15. The minimum atomic E-state index is -3.42. The lowest BCUT2D eigenvalue weighted by Crippen LogP contribution is -2.33. The molecule has 0 saturated carbocycles. The maximum absolute atomic E-state index is 11.9. The van der Waals surface area contributed by atoms with Crippen LogP contribution in [0, 0.1) is 0 Å². The van der Waals surface area contributed by atoms with Crippen LogP contribution in [0.2, 0.25) is 5.02 Å². The van der Waals surface area contributed by atoms with Crippen molar-refractivity contribution in [3.8, 4) is 0 Å². The van der Waals surface area contributed by atoms with Crippen molar-refractivity contribution in [2.75, 3.05) is 18.3 Å². The van der Waals surface area contributed by atoms with E-state index in [0.717, 1.165) is 0 Å². The Hall–Kier alpha value is -0.300. The third kappa shape index (κ3) is 3.84. The molecule has 0 aliphatic rings. The topological polar surface area (TPSA) is 58.2 Å². The zero-order valence-corrected chi connectivity index (χ0v) is 12.7. The van der Waals surface area contributed by atoms with Gasteiger partial charge in [0.1, 0.15) is 0 Å². The van der Waals surface area contributed by atoms with Crippen molar-refractivity contribution in [3.63, 3.8) is 0 Å². The molecule has 0 fully saturated rings. The van der Waals surface area contributed by atoms with Crippen molar-refractivity contribution in [1.29, 1.82) is 0 Å². The van der Waals surface area contributed by atoms with Crippen molar-refractivity contribution in [1.82, 2.24) is 5.32 Å². The van der Waals surface area contributed by atoms with Gasteiger partial charge >= 0.3 is 0 Å². The molecule has 1 unspecified atom stereocenters. The molecule has 96 valence electrons. The van der Waals surface area contributed by atoms with Gasteiger partial charge in [-0.2, -0.15) is 0 Å². The van der Waals surface area contributed by atoms with Gasteiger partial charge < -0.3 is 5.32 Å². The van der Waals surface area contributed by atoms with E-state index in [0.29, 0.717) is 21.7 Å². The van der Waals surface area contributed by atoms with Crippen LogP contribution >= 0.6 is 27.5 Å². The van der Waals surface area contributed by atoms with Crippen molar-refractivity contribution in [2.45, 2.75) is 12.2 Å². The average Bonchev–Trinajstić information content (AvgIpc) is 2.25. The van der Waals surface area contributed by atoms with Crippen LogP contribution in [0.15, 0.2) is 22.7 Å². The summed E-state index contributed by atoms with van der Waals surface area (Å²) >= 11 is 9.14. The highest BCUT2D eigenvalue weighted by Gasteiger charge is 2.21. The smallest absolute Gasteiger partial charge is 0.236 e. The van der Waals surface area contributed by atoms with E-state index in [4.69, 9.17) is 11.6 Å². The van der Waals surface area contributed by atoms with Gasteiger partial charge in [0.25, 0.3) is 0 Å². The molecule has 4 nitrogen and oxygen atoms in total. The molecule has 0 saturated heterocycles. The minimum Gasteiger partial charge on any atom is -0.318 e. The number of sulfonamides is 1. The normalized spacial score (nSPS) is 13.4. The molecule has 0 radical (unpaired) electrons. The Balaban J connectivity index is 2.94. The molecule has 2 N–H and O–H groups in total. The highest BCUT2D eigenvalue weighted by atomic mass is 79.9. The summed E-state index contributed by atoms with van der Waals surface area (Å²) < 4.78 is 26.9. The first kappa shape index (κ1) is 14.8. The van der Waals surface area contributed by atoms with Crippen molar-refractivity contribution in [2.24, 2.45) is 0 Å². The Morgan fingerprint density at radius 1 is 1.47 bits per heavy atom. The van der Waals surface area contributed by atoms with Gasteiger partial charge in [0.2, 0.25) is 10.0 Å². The Kier molecular flexibility index (Phi) is 5.24. The molecule has 0 aliphatic heterocycles. The van der Waals surface area contributed by atoms with E-state index in [2.05, 4.69) is 26.0 Å². The van der Waals surface area contributed by atoms with Crippen LogP contribution in [-0.4, -0.2) is 27.3 Å². The fourth-order valence-corrected chi connectivity index (χ4v) is 2.97. The molecule has 1 atom stereocenters. The third-order valence-electron chi connectivity index (χ3n) is 2.23. The monoisotopic (exact) mass is 340 g/mol. The quantitative estimate of drug-likeness (QED) is 0.865. The second-order valence-electron chi connectivity index (χ2n) is 3.62. The summed E-state index contributed by atoms with van der Waals surface area (Å²) in [6.07, 6.45) is 0. The second-order valence-corrected chi connectivity index (χ2v) is 6.92. The SMILES string of the molecule is CNCC(C)S(=O)(=O)Nc1cccc(Cl)c1Br. The molecule has 7 heteroatoms. The highest BCUT2D eigenvalue weighted by Crippen LogP contribution is 2.30. The van der Waals surface area contributed by atoms with E-state index in [9.17, 15) is 8.42 Å². The predicted octanol–water partition coefficient (Wildman–Crippen LogP) is 2.45. The summed E-state index contributed by atoms with van der Waals surface area (Å²) in [7, 11) is -1.71. The lowest BCUT2D eigenvalue weighted by molar-refractivity contribution is 0.583. The summed E-state index contributed by atoms with van der Waals surface area (Å²) in [5.41, 5.74) is 0.445. The summed E-state index contributed by atoms with van der Waals surface area (Å²) in [6.45, 7) is 2.02. The number of anilines is 1. The molecule has 0 aliphatic carbocycles. The van der Waals surface area contributed by atoms with Crippen LogP contribution in [0.3, 0.4) is 0 Å². The van der Waals surface area contributed by atoms with Gasteiger partial charge in [0, 0.05) is 6.54 Å². The van der Waals surface area contributed by atoms with Gasteiger partial charge in [0.15, 0.2) is 0 Å². The number of halogens is 2.